The third-order valence-corrected chi connectivity index (χ3v) is 10.3. The van der Waals surface area contributed by atoms with Gasteiger partial charge in [0.1, 0.15) is 0 Å². The number of carbonyl (C=O) groups is 3. The number of esters is 1. The molecule has 0 aromatic heterocycles. The molecule has 0 amide bonds. The molecule has 2 saturated carbocycles. The largest absolute Gasteiger partial charge is 0.465 e. The van der Waals surface area contributed by atoms with E-state index in [2.05, 4.69) is 26.5 Å². The van der Waals surface area contributed by atoms with E-state index in [0.717, 1.165) is 38.5 Å². The molecule has 0 heterocycles. The van der Waals surface area contributed by atoms with Crippen molar-refractivity contribution in [1.82, 2.24) is 0 Å². The van der Waals surface area contributed by atoms with Crippen LogP contribution in [-0.4, -0.2) is 24.1 Å². The summed E-state index contributed by atoms with van der Waals surface area (Å²) in [5.74, 6) is 0.596. The fraction of sp³-hybridized carbons (Fsp3) is 0.594. The Labute approximate surface area is 215 Å². The van der Waals surface area contributed by atoms with E-state index >= 15 is 0 Å². The van der Waals surface area contributed by atoms with Crippen LogP contribution in [0.25, 0.3) is 0 Å². The first kappa shape index (κ1) is 25.2. The molecule has 4 nitrogen and oxygen atoms in total. The molecule has 6 atom stereocenters. The first-order valence-electron chi connectivity index (χ1n) is 13.8. The minimum Gasteiger partial charge on any atom is -0.465 e. The highest BCUT2D eigenvalue weighted by molar-refractivity contribution is 6.16. The van der Waals surface area contributed by atoms with Gasteiger partial charge in [-0.25, -0.2) is 0 Å². The predicted octanol–water partition coefficient (Wildman–Crippen LogP) is 7.14. The normalized spacial score (nSPS) is 35.9. The summed E-state index contributed by atoms with van der Waals surface area (Å²) in [4.78, 5) is 38.0. The molecule has 3 unspecified atom stereocenters. The average molecular weight is 489 g/mol. The zero-order valence-electron chi connectivity index (χ0n) is 22.1. The third kappa shape index (κ3) is 4.21. The van der Waals surface area contributed by atoms with Crippen LogP contribution in [0.1, 0.15) is 99.3 Å². The second kappa shape index (κ2) is 9.43. The molecule has 4 aliphatic rings. The minimum atomic E-state index is -0.216. The molecule has 0 saturated heterocycles. The van der Waals surface area contributed by atoms with Gasteiger partial charge in [0, 0.05) is 35.3 Å². The first-order chi connectivity index (χ1) is 17.1. The molecular formula is C32H40O4. The lowest BCUT2D eigenvalue weighted by Gasteiger charge is -2.58. The number of Topliss-reactive ketones (excluding diaryl/α,β-unsaturated/α-hetero) is 2. The highest BCUT2D eigenvalue weighted by Crippen LogP contribution is 2.62. The van der Waals surface area contributed by atoms with Crippen LogP contribution in [0.2, 0.25) is 0 Å². The van der Waals surface area contributed by atoms with Crippen LogP contribution in [-0.2, 0) is 9.53 Å². The second-order valence-corrected chi connectivity index (χ2v) is 12.4. The van der Waals surface area contributed by atoms with Gasteiger partial charge in [-0.2, -0.15) is 0 Å². The summed E-state index contributed by atoms with van der Waals surface area (Å²) in [6.45, 7) is 11.3. The van der Waals surface area contributed by atoms with E-state index in [4.69, 9.17) is 4.74 Å². The molecule has 36 heavy (non-hydrogen) atoms. The Morgan fingerprint density at radius 3 is 2.47 bits per heavy atom. The Morgan fingerprint density at radius 2 is 1.78 bits per heavy atom. The van der Waals surface area contributed by atoms with E-state index in [0.29, 0.717) is 42.4 Å². The third-order valence-electron chi connectivity index (χ3n) is 10.3. The lowest BCUT2D eigenvalue weighted by Crippen LogP contribution is -2.52. The van der Waals surface area contributed by atoms with Crippen molar-refractivity contribution in [1.29, 1.82) is 0 Å². The molecule has 1 aromatic rings. The fourth-order valence-corrected chi connectivity index (χ4v) is 8.43. The van der Waals surface area contributed by atoms with E-state index in [-0.39, 0.29) is 40.2 Å². The van der Waals surface area contributed by atoms with Gasteiger partial charge < -0.3 is 4.74 Å². The molecule has 4 aliphatic carbocycles. The predicted molar refractivity (Wildman–Crippen MR) is 141 cm³/mol. The molecule has 0 spiro atoms. The SMILES string of the molecule is C=C1CCC2[C@@](C)(COC(C)=O)CCC[C@]2(C)[C@H]1CCC1=CCC2C(=O)c3ccccc3C(=O)C2C1. The topological polar surface area (TPSA) is 60.4 Å². The number of rotatable bonds is 5. The number of benzene rings is 1. The zero-order chi connectivity index (χ0) is 25.7. The highest BCUT2D eigenvalue weighted by atomic mass is 16.5. The minimum absolute atomic E-state index is 0.0111. The van der Waals surface area contributed by atoms with E-state index < -0.39 is 0 Å². The lowest BCUT2D eigenvalue weighted by atomic mass is 9.46. The monoisotopic (exact) mass is 488 g/mol. The van der Waals surface area contributed by atoms with E-state index in [1.807, 2.05) is 18.2 Å². The molecule has 5 rings (SSSR count). The maximum absolute atomic E-state index is 13.3. The van der Waals surface area contributed by atoms with Crippen molar-refractivity contribution >= 4 is 17.5 Å². The standard InChI is InChI=1S/C32H40O4/c1-20-10-15-28-31(3,19-36-21(2)33)16-7-17-32(28,4)27(20)14-12-22-11-13-25-26(18-22)30(35)24-9-6-5-8-23(24)29(25)34/h5-6,8-9,11,25-28H,1,7,10,12-19H2,2-4H3/t25?,26?,27-,28?,31+,32+/m0/s1. The van der Waals surface area contributed by atoms with Gasteiger partial charge in [-0.3, -0.25) is 14.4 Å². The Balaban J connectivity index is 1.31. The van der Waals surface area contributed by atoms with E-state index in [9.17, 15) is 14.4 Å². The Hall–Kier alpha value is -2.49. The van der Waals surface area contributed by atoms with Gasteiger partial charge in [0.2, 0.25) is 0 Å². The highest BCUT2D eigenvalue weighted by Gasteiger charge is 2.54. The summed E-state index contributed by atoms with van der Waals surface area (Å²) in [6, 6.07) is 7.32. The quantitative estimate of drug-likeness (QED) is 0.326. The number of allylic oxidation sites excluding steroid dienone is 3. The summed E-state index contributed by atoms with van der Waals surface area (Å²) in [7, 11) is 0. The maximum atomic E-state index is 13.3. The number of ether oxygens (including phenoxy) is 1. The van der Waals surface area contributed by atoms with Gasteiger partial charge >= 0.3 is 5.97 Å². The van der Waals surface area contributed by atoms with Gasteiger partial charge in [0.05, 0.1) is 6.61 Å². The number of carbonyl (C=O) groups excluding carboxylic acids is 3. The summed E-state index contributed by atoms with van der Waals surface area (Å²) >= 11 is 0. The fourth-order valence-electron chi connectivity index (χ4n) is 8.43. The lowest BCUT2D eigenvalue weighted by molar-refractivity contribution is -0.152. The maximum Gasteiger partial charge on any atom is 0.302 e. The van der Waals surface area contributed by atoms with Crippen molar-refractivity contribution in [2.24, 2.45) is 34.5 Å². The number of fused-ring (bicyclic) bond motifs is 3. The zero-order valence-corrected chi connectivity index (χ0v) is 22.1. The summed E-state index contributed by atoms with van der Waals surface area (Å²) in [6.07, 6.45) is 11.2. The molecule has 0 aliphatic heterocycles. The number of hydrogen-bond donors (Lipinski definition) is 0. The van der Waals surface area contributed by atoms with Crippen molar-refractivity contribution in [3.05, 3.63) is 59.2 Å². The Morgan fingerprint density at radius 1 is 1.08 bits per heavy atom. The summed E-state index contributed by atoms with van der Waals surface area (Å²) in [5, 5.41) is 0. The molecule has 1 aromatic carbocycles. The van der Waals surface area contributed by atoms with Crippen LogP contribution in [0.15, 0.2) is 48.1 Å². The molecule has 0 N–H and O–H groups in total. The van der Waals surface area contributed by atoms with E-state index in [1.165, 1.54) is 24.5 Å². The summed E-state index contributed by atoms with van der Waals surface area (Å²) < 4.78 is 5.56. The van der Waals surface area contributed by atoms with Crippen molar-refractivity contribution in [3.63, 3.8) is 0 Å². The van der Waals surface area contributed by atoms with Gasteiger partial charge in [0.25, 0.3) is 0 Å². The van der Waals surface area contributed by atoms with Crippen LogP contribution in [0, 0.1) is 34.5 Å². The van der Waals surface area contributed by atoms with Crippen LogP contribution in [0.3, 0.4) is 0 Å². The Bertz CT molecular complexity index is 1130. The summed E-state index contributed by atoms with van der Waals surface area (Å²) in [5.41, 5.74) is 4.06. The smallest absolute Gasteiger partial charge is 0.302 e. The van der Waals surface area contributed by atoms with Crippen LogP contribution in [0.4, 0.5) is 0 Å². The second-order valence-electron chi connectivity index (χ2n) is 12.4. The average Bonchev–Trinajstić information content (AvgIpc) is 2.85. The van der Waals surface area contributed by atoms with Crippen LogP contribution < -0.4 is 0 Å². The van der Waals surface area contributed by atoms with Crippen molar-refractivity contribution in [2.45, 2.75) is 78.6 Å². The molecule has 2 fully saturated rings. The van der Waals surface area contributed by atoms with Gasteiger partial charge in [0.15, 0.2) is 11.6 Å². The van der Waals surface area contributed by atoms with Gasteiger partial charge in [-0.15, -0.1) is 0 Å². The van der Waals surface area contributed by atoms with Crippen molar-refractivity contribution in [2.75, 3.05) is 6.61 Å². The van der Waals surface area contributed by atoms with Crippen LogP contribution in [0.5, 0.6) is 0 Å². The van der Waals surface area contributed by atoms with Crippen molar-refractivity contribution < 1.29 is 19.1 Å². The van der Waals surface area contributed by atoms with E-state index in [1.54, 1.807) is 6.07 Å². The molecule has 4 heteroatoms. The first-order valence-corrected chi connectivity index (χ1v) is 13.8. The molecule has 192 valence electrons. The van der Waals surface area contributed by atoms with Crippen molar-refractivity contribution in [3.8, 4) is 0 Å². The molecule has 0 radical (unpaired) electrons. The number of ketones is 2. The molecular weight excluding hydrogens is 448 g/mol. The molecule has 0 bridgehead atoms. The number of hydrogen-bond acceptors (Lipinski definition) is 4. The van der Waals surface area contributed by atoms with Crippen LogP contribution >= 0.6 is 0 Å². The van der Waals surface area contributed by atoms with Gasteiger partial charge in [-0.1, -0.05) is 68.3 Å². The van der Waals surface area contributed by atoms with Gasteiger partial charge in [-0.05, 0) is 68.6 Å². The Kier molecular flexibility index (Phi) is 6.59.